The van der Waals surface area contributed by atoms with Gasteiger partial charge in [0.15, 0.2) is 0 Å². The number of aromatic nitrogens is 2. The molecule has 1 aromatic rings. The summed E-state index contributed by atoms with van der Waals surface area (Å²) in [5, 5.41) is -0.294. The van der Waals surface area contributed by atoms with Crippen LogP contribution in [0.5, 0.6) is 0 Å². The van der Waals surface area contributed by atoms with Crippen molar-refractivity contribution in [3.05, 3.63) is 30.1 Å². The number of hydrogen-bond acceptors (Lipinski definition) is 4. The van der Waals surface area contributed by atoms with Crippen molar-refractivity contribution < 1.29 is 9.53 Å². The second-order valence-electron chi connectivity index (χ2n) is 4.81. The van der Waals surface area contributed by atoms with Crippen LogP contribution < -0.4 is 0 Å². The number of imidazole rings is 1. The lowest BCUT2D eigenvalue weighted by molar-refractivity contribution is -0.140. The molecule has 0 aliphatic rings. The molecule has 0 aromatic carbocycles. The number of carbonyl (C=O) groups excluding carboxylic acids is 1. The van der Waals surface area contributed by atoms with Gasteiger partial charge in [-0.15, -0.1) is 11.8 Å². The molecule has 5 nitrogen and oxygen atoms in total. The maximum absolute atomic E-state index is 11.7. The minimum absolute atomic E-state index is 0.257. The Bertz CT molecular complexity index is 437. The molecular weight excluding hydrogens is 262 g/mol. The van der Waals surface area contributed by atoms with Gasteiger partial charge in [-0.2, -0.15) is 0 Å². The molecule has 0 saturated heterocycles. The third kappa shape index (κ3) is 5.35. The van der Waals surface area contributed by atoms with Gasteiger partial charge in [0.1, 0.15) is 5.25 Å². The van der Waals surface area contributed by atoms with E-state index in [1.807, 2.05) is 24.6 Å². The second-order valence-corrected chi connectivity index (χ2v) is 6.12. The number of carbonyl (C=O) groups is 1. The first-order chi connectivity index (χ1) is 8.98. The number of esters is 1. The normalized spacial score (nSPS) is 12.7. The van der Waals surface area contributed by atoms with Crippen LogP contribution in [0.3, 0.4) is 0 Å². The van der Waals surface area contributed by atoms with Crippen molar-refractivity contribution in [3.63, 3.8) is 0 Å². The summed E-state index contributed by atoms with van der Waals surface area (Å²) in [5.41, 5.74) is -0.541. The first-order valence-corrected chi connectivity index (χ1v) is 7.07. The van der Waals surface area contributed by atoms with Crippen LogP contribution in [0.25, 0.3) is 4.85 Å². The van der Waals surface area contributed by atoms with Crippen LogP contribution in [0.1, 0.15) is 20.3 Å². The van der Waals surface area contributed by atoms with E-state index in [9.17, 15) is 4.79 Å². The Hall–Kier alpha value is -1.48. The molecule has 6 heteroatoms. The fourth-order valence-electron chi connectivity index (χ4n) is 1.56. The Kier molecular flexibility index (Phi) is 5.90. The number of methoxy groups -OCH3 is 1. The molecule has 104 valence electrons. The third-order valence-corrected chi connectivity index (χ3v) is 3.86. The molecular formula is C13H19N3O2S. The van der Waals surface area contributed by atoms with Crippen LogP contribution in [0.15, 0.2) is 18.7 Å². The van der Waals surface area contributed by atoms with Crippen molar-refractivity contribution in [3.8, 4) is 0 Å². The van der Waals surface area contributed by atoms with Crippen LogP contribution in [0.2, 0.25) is 0 Å². The molecule has 0 amide bonds. The summed E-state index contributed by atoms with van der Waals surface area (Å²) < 4.78 is 6.77. The molecule has 1 unspecified atom stereocenters. The van der Waals surface area contributed by atoms with Crippen LogP contribution in [-0.4, -0.2) is 39.2 Å². The van der Waals surface area contributed by atoms with E-state index in [0.717, 1.165) is 12.3 Å². The standard InChI is InChI=1S/C13H19N3O2S/c1-13(2,14-3)9-11(12(17)18-4)19-8-7-16-6-5-15-10-16/h5-6,10-11H,7-9H2,1-2,4H3. The van der Waals surface area contributed by atoms with Gasteiger partial charge in [0.2, 0.25) is 5.54 Å². The van der Waals surface area contributed by atoms with Gasteiger partial charge in [-0.3, -0.25) is 4.79 Å². The lowest BCUT2D eigenvalue weighted by atomic mass is 9.99. The third-order valence-electron chi connectivity index (χ3n) is 2.68. The summed E-state index contributed by atoms with van der Waals surface area (Å²) >= 11 is 1.53. The number of nitrogens with zero attached hydrogens (tertiary/aromatic N) is 3. The quantitative estimate of drug-likeness (QED) is 0.568. The van der Waals surface area contributed by atoms with Gasteiger partial charge in [-0.05, 0) is 0 Å². The predicted octanol–water partition coefficient (Wildman–Crippen LogP) is 2.25. The van der Waals surface area contributed by atoms with Crippen molar-refractivity contribution >= 4 is 17.7 Å². The van der Waals surface area contributed by atoms with Gasteiger partial charge in [-0.25, -0.2) is 11.6 Å². The number of ether oxygens (including phenoxy) is 1. The highest BCUT2D eigenvalue weighted by molar-refractivity contribution is 8.00. The summed E-state index contributed by atoms with van der Waals surface area (Å²) in [5.74, 6) is 0.525. The lowest BCUT2D eigenvalue weighted by Gasteiger charge is -2.18. The number of hydrogen-bond donors (Lipinski definition) is 0. The lowest BCUT2D eigenvalue weighted by Crippen LogP contribution is -2.29. The zero-order valence-electron chi connectivity index (χ0n) is 11.5. The predicted molar refractivity (Wildman–Crippen MR) is 75.8 cm³/mol. The summed E-state index contributed by atoms with van der Waals surface area (Å²) in [6.07, 6.45) is 5.86. The van der Waals surface area contributed by atoms with Crippen LogP contribution >= 0.6 is 11.8 Å². The Morgan fingerprint density at radius 1 is 1.63 bits per heavy atom. The molecule has 0 radical (unpaired) electrons. The zero-order chi connectivity index (χ0) is 14.3. The van der Waals surface area contributed by atoms with Gasteiger partial charge >= 0.3 is 5.97 Å². The SMILES string of the molecule is [C-]#[N+]C(C)(C)CC(SCCn1ccnc1)C(=O)OC. The average molecular weight is 281 g/mol. The Morgan fingerprint density at radius 2 is 2.37 bits per heavy atom. The zero-order valence-corrected chi connectivity index (χ0v) is 12.3. The number of rotatable bonds is 7. The summed E-state index contributed by atoms with van der Waals surface area (Å²) in [7, 11) is 1.39. The van der Waals surface area contributed by atoms with E-state index in [0.29, 0.717) is 6.42 Å². The first kappa shape index (κ1) is 15.6. The number of aryl methyl sites for hydroxylation is 1. The largest absolute Gasteiger partial charge is 0.468 e. The van der Waals surface area contributed by atoms with Crippen LogP contribution in [0, 0.1) is 6.57 Å². The Morgan fingerprint density at radius 3 is 2.89 bits per heavy atom. The fraction of sp³-hybridized carbons (Fsp3) is 0.615. The highest BCUT2D eigenvalue weighted by Gasteiger charge is 2.32. The highest BCUT2D eigenvalue weighted by atomic mass is 32.2. The molecule has 0 fully saturated rings. The van der Waals surface area contributed by atoms with E-state index < -0.39 is 5.54 Å². The molecule has 0 spiro atoms. The second kappa shape index (κ2) is 7.19. The van der Waals surface area contributed by atoms with E-state index >= 15 is 0 Å². The molecule has 0 N–H and O–H groups in total. The maximum Gasteiger partial charge on any atom is 0.319 e. The minimum atomic E-state index is -0.541. The molecule has 0 bridgehead atoms. The fourth-order valence-corrected chi connectivity index (χ4v) is 2.92. The number of thioether (sulfide) groups is 1. The van der Waals surface area contributed by atoms with E-state index in [1.54, 1.807) is 12.5 Å². The molecule has 0 aliphatic heterocycles. The average Bonchev–Trinajstić information content (AvgIpc) is 2.89. The van der Waals surface area contributed by atoms with Crippen molar-refractivity contribution in [1.82, 2.24) is 9.55 Å². The van der Waals surface area contributed by atoms with Gasteiger partial charge in [-0.1, -0.05) is 0 Å². The smallest absolute Gasteiger partial charge is 0.319 e. The van der Waals surface area contributed by atoms with Crippen molar-refractivity contribution in [2.75, 3.05) is 12.9 Å². The summed E-state index contributed by atoms with van der Waals surface area (Å²) in [6.45, 7) is 11.6. The summed E-state index contributed by atoms with van der Waals surface area (Å²) in [4.78, 5) is 19.2. The molecule has 1 atom stereocenters. The van der Waals surface area contributed by atoms with E-state index in [-0.39, 0.29) is 11.2 Å². The van der Waals surface area contributed by atoms with E-state index in [4.69, 9.17) is 11.3 Å². The van der Waals surface area contributed by atoms with Crippen molar-refractivity contribution in [2.45, 2.75) is 37.6 Å². The van der Waals surface area contributed by atoms with E-state index in [1.165, 1.54) is 18.9 Å². The maximum atomic E-state index is 11.7. The first-order valence-electron chi connectivity index (χ1n) is 6.02. The van der Waals surface area contributed by atoms with Gasteiger partial charge in [0.05, 0.1) is 13.4 Å². The van der Waals surface area contributed by atoms with Crippen molar-refractivity contribution in [2.24, 2.45) is 0 Å². The van der Waals surface area contributed by atoms with Gasteiger partial charge in [0, 0.05) is 45.0 Å². The van der Waals surface area contributed by atoms with Crippen molar-refractivity contribution in [1.29, 1.82) is 0 Å². The topological polar surface area (TPSA) is 48.5 Å². The Labute approximate surface area is 118 Å². The molecule has 1 aromatic heterocycles. The van der Waals surface area contributed by atoms with Gasteiger partial charge < -0.3 is 14.1 Å². The molecule has 0 saturated carbocycles. The molecule has 1 rings (SSSR count). The van der Waals surface area contributed by atoms with E-state index in [2.05, 4.69) is 9.83 Å². The molecule has 0 aliphatic carbocycles. The minimum Gasteiger partial charge on any atom is -0.468 e. The summed E-state index contributed by atoms with van der Waals surface area (Å²) in [6, 6.07) is 0. The van der Waals surface area contributed by atoms with Crippen LogP contribution in [-0.2, 0) is 16.1 Å². The molecule has 1 heterocycles. The van der Waals surface area contributed by atoms with Crippen LogP contribution in [0.4, 0.5) is 0 Å². The monoisotopic (exact) mass is 281 g/mol. The molecule has 19 heavy (non-hydrogen) atoms. The Balaban J connectivity index is 2.51. The van der Waals surface area contributed by atoms with Gasteiger partial charge in [0.25, 0.3) is 0 Å². The highest BCUT2D eigenvalue weighted by Crippen LogP contribution is 2.26.